The molecule has 2 unspecified atom stereocenters. The fourth-order valence-electron chi connectivity index (χ4n) is 2.91. The van der Waals surface area contributed by atoms with Crippen molar-refractivity contribution < 1.29 is 9.47 Å². The first-order valence-corrected chi connectivity index (χ1v) is 7.24. The fraction of sp³-hybridized carbons (Fsp3) is 0.562. The average Bonchev–Trinajstić information content (AvgIpc) is 3.23. The Bertz CT molecular complexity index is 520. The molecule has 20 heavy (non-hydrogen) atoms. The molecule has 0 spiro atoms. The third-order valence-electron chi connectivity index (χ3n) is 4.18. The molecule has 0 bridgehead atoms. The molecule has 1 saturated carbocycles. The van der Waals surface area contributed by atoms with E-state index in [4.69, 9.17) is 14.7 Å². The molecule has 106 valence electrons. The maximum Gasteiger partial charge on any atom is 0.136 e. The largest absolute Gasteiger partial charge is 0.495 e. The van der Waals surface area contributed by atoms with E-state index in [1.807, 2.05) is 18.2 Å². The minimum absolute atomic E-state index is 0.398. The van der Waals surface area contributed by atoms with E-state index in [0.29, 0.717) is 23.5 Å². The van der Waals surface area contributed by atoms with Crippen LogP contribution in [0.2, 0.25) is 0 Å². The van der Waals surface area contributed by atoms with E-state index in [-0.39, 0.29) is 0 Å². The Morgan fingerprint density at radius 1 is 1.40 bits per heavy atom. The van der Waals surface area contributed by atoms with Gasteiger partial charge in [0, 0.05) is 19.2 Å². The molecule has 1 aliphatic carbocycles. The predicted octanol–water partition coefficient (Wildman–Crippen LogP) is 2.22. The van der Waals surface area contributed by atoms with Crippen LogP contribution >= 0.6 is 0 Å². The van der Waals surface area contributed by atoms with Crippen molar-refractivity contribution in [3.63, 3.8) is 0 Å². The van der Waals surface area contributed by atoms with Crippen molar-refractivity contribution in [2.45, 2.75) is 38.0 Å². The lowest BCUT2D eigenvalue weighted by molar-refractivity contribution is 0.0809. The van der Waals surface area contributed by atoms with Gasteiger partial charge in [0.25, 0.3) is 0 Å². The second-order valence-electron chi connectivity index (χ2n) is 5.60. The van der Waals surface area contributed by atoms with Crippen LogP contribution in [0.25, 0.3) is 0 Å². The molecule has 0 aromatic heterocycles. The first-order valence-electron chi connectivity index (χ1n) is 7.24. The quantitative estimate of drug-likeness (QED) is 0.893. The van der Waals surface area contributed by atoms with Gasteiger partial charge in [-0.15, -0.1) is 0 Å². The van der Waals surface area contributed by atoms with Crippen molar-refractivity contribution in [2.24, 2.45) is 5.92 Å². The van der Waals surface area contributed by atoms with E-state index in [9.17, 15) is 0 Å². The second kappa shape index (κ2) is 5.82. The van der Waals surface area contributed by atoms with Gasteiger partial charge in [-0.2, -0.15) is 5.26 Å². The number of hydrogen-bond acceptors (Lipinski definition) is 4. The number of hydrogen-bond donors (Lipinski definition) is 1. The lowest BCUT2D eigenvalue weighted by atomic mass is 10.1. The standard InChI is InChI=1S/C16H20N2O2/c1-19-15-8-11(2-3-13(15)9-17)10-18-14-6-7-20-16(14)12-4-5-12/h2-3,8,12,14,16,18H,4-7,10H2,1H3. The summed E-state index contributed by atoms with van der Waals surface area (Å²) in [5, 5.41) is 12.6. The lowest BCUT2D eigenvalue weighted by Gasteiger charge is -2.19. The van der Waals surface area contributed by atoms with Gasteiger partial charge in [0.1, 0.15) is 11.8 Å². The second-order valence-corrected chi connectivity index (χ2v) is 5.60. The Morgan fingerprint density at radius 2 is 2.25 bits per heavy atom. The third kappa shape index (κ3) is 2.79. The molecule has 1 aliphatic heterocycles. The number of nitrogens with zero attached hydrogens (tertiary/aromatic N) is 1. The molecule has 4 nitrogen and oxygen atoms in total. The molecule has 1 heterocycles. The van der Waals surface area contributed by atoms with Crippen LogP contribution in [0.3, 0.4) is 0 Å². The molecule has 0 amide bonds. The summed E-state index contributed by atoms with van der Waals surface area (Å²) in [4.78, 5) is 0. The van der Waals surface area contributed by atoms with Crippen LogP contribution in [0.15, 0.2) is 18.2 Å². The van der Waals surface area contributed by atoms with Crippen LogP contribution in [0.4, 0.5) is 0 Å². The van der Waals surface area contributed by atoms with Gasteiger partial charge in [-0.25, -0.2) is 0 Å². The van der Waals surface area contributed by atoms with Crippen LogP contribution in [0.5, 0.6) is 5.75 Å². The first-order chi connectivity index (χ1) is 9.81. The van der Waals surface area contributed by atoms with Crippen LogP contribution < -0.4 is 10.1 Å². The summed E-state index contributed by atoms with van der Waals surface area (Å²) in [5.41, 5.74) is 1.72. The Labute approximate surface area is 119 Å². The highest BCUT2D eigenvalue weighted by molar-refractivity contribution is 5.45. The van der Waals surface area contributed by atoms with Gasteiger partial charge in [0.15, 0.2) is 0 Å². The summed E-state index contributed by atoms with van der Waals surface area (Å²) < 4.78 is 11.1. The van der Waals surface area contributed by atoms with E-state index >= 15 is 0 Å². The van der Waals surface area contributed by atoms with Gasteiger partial charge in [0.05, 0.1) is 18.8 Å². The first kappa shape index (κ1) is 13.4. The highest BCUT2D eigenvalue weighted by Gasteiger charge is 2.40. The van der Waals surface area contributed by atoms with Gasteiger partial charge in [-0.05, 0) is 42.9 Å². The van der Waals surface area contributed by atoms with Crippen LogP contribution in [-0.4, -0.2) is 25.9 Å². The summed E-state index contributed by atoms with van der Waals surface area (Å²) in [7, 11) is 1.60. The SMILES string of the molecule is COc1cc(CNC2CCOC2C2CC2)ccc1C#N. The van der Waals surface area contributed by atoms with Crippen LogP contribution in [0.1, 0.15) is 30.4 Å². The van der Waals surface area contributed by atoms with Crippen molar-refractivity contribution in [2.75, 3.05) is 13.7 Å². The average molecular weight is 272 g/mol. The minimum atomic E-state index is 0.398. The molecular formula is C16H20N2O2. The number of ether oxygens (including phenoxy) is 2. The molecule has 1 aromatic carbocycles. The number of nitriles is 1. The van der Waals surface area contributed by atoms with Crippen molar-refractivity contribution in [3.05, 3.63) is 29.3 Å². The maximum absolute atomic E-state index is 8.98. The van der Waals surface area contributed by atoms with Gasteiger partial charge >= 0.3 is 0 Å². The molecule has 2 aliphatic rings. The molecular weight excluding hydrogens is 252 g/mol. The molecule has 1 saturated heterocycles. The summed E-state index contributed by atoms with van der Waals surface area (Å²) in [6.45, 7) is 1.66. The maximum atomic E-state index is 8.98. The molecule has 2 fully saturated rings. The highest BCUT2D eigenvalue weighted by Crippen LogP contribution is 2.38. The summed E-state index contributed by atoms with van der Waals surface area (Å²) in [5.74, 6) is 1.42. The van der Waals surface area contributed by atoms with E-state index < -0.39 is 0 Å². The Hall–Kier alpha value is -1.57. The molecule has 1 aromatic rings. The topological polar surface area (TPSA) is 54.3 Å². The number of methoxy groups -OCH3 is 1. The number of nitrogens with one attached hydrogen (secondary N) is 1. The zero-order valence-corrected chi connectivity index (χ0v) is 11.8. The van der Waals surface area contributed by atoms with Gasteiger partial charge in [-0.1, -0.05) is 6.07 Å². The normalized spacial score (nSPS) is 25.4. The Morgan fingerprint density at radius 3 is 2.95 bits per heavy atom. The monoisotopic (exact) mass is 272 g/mol. The minimum Gasteiger partial charge on any atom is -0.495 e. The van der Waals surface area contributed by atoms with E-state index in [1.54, 1.807) is 7.11 Å². The number of rotatable bonds is 5. The van der Waals surface area contributed by atoms with Crippen molar-refractivity contribution in [1.82, 2.24) is 5.32 Å². The summed E-state index contributed by atoms with van der Waals surface area (Å²) in [6.07, 6.45) is 4.12. The van der Waals surface area contributed by atoms with Crippen molar-refractivity contribution >= 4 is 0 Å². The molecule has 2 atom stereocenters. The van der Waals surface area contributed by atoms with Gasteiger partial charge in [0.2, 0.25) is 0 Å². The predicted molar refractivity (Wildman–Crippen MR) is 75.4 cm³/mol. The van der Waals surface area contributed by atoms with E-state index in [1.165, 1.54) is 12.8 Å². The smallest absolute Gasteiger partial charge is 0.136 e. The zero-order chi connectivity index (χ0) is 13.9. The molecule has 0 radical (unpaired) electrons. The summed E-state index contributed by atoms with van der Waals surface area (Å²) >= 11 is 0. The van der Waals surface area contributed by atoms with Gasteiger partial charge < -0.3 is 14.8 Å². The van der Waals surface area contributed by atoms with Crippen molar-refractivity contribution in [1.29, 1.82) is 5.26 Å². The number of benzene rings is 1. The van der Waals surface area contributed by atoms with Gasteiger partial charge in [-0.3, -0.25) is 0 Å². The van der Waals surface area contributed by atoms with Crippen LogP contribution in [-0.2, 0) is 11.3 Å². The lowest BCUT2D eigenvalue weighted by Crippen LogP contribution is -2.37. The molecule has 1 N–H and O–H groups in total. The third-order valence-corrected chi connectivity index (χ3v) is 4.18. The summed E-state index contributed by atoms with van der Waals surface area (Å²) in [6, 6.07) is 8.34. The fourth-order valence-corrected chi connectivity index (χ4v) is 2.91. The molecule has 4 heteroatoms. The Kier molecular flexibility index (Phi) is 3.90. The zero-order valence-electron chi connectivity index (χ0n) is 11.8. The van der Waals surface area contributed by atoms with Crippen molar-refractivity contribution in [3.8, 4) is 11.8 Å². The van der Waals surface area contributed by atoms with E-state index in [2.05, 4.69) is 11.4 Å². The Balaban J connectivity index is 1.62. The van der Waals surface area contributed by atoms with Crippen LogP contribution in [0, 0.1) is 17.2 Å². The molecule has 3 rings (SSSR count). The highest BCUT2D eigenvalue weighted by atomic mass is 16.5. The van der Waals surface area contributed by atoms with E-state index in [0.717, 1.165) is 31.1 Å².